The van der Waals surface area contributed by atoms with Crippen LogP contribution in [0.15, 0.2) is 0 Å². The second-order valence-electron chi connectivity index (χ2n) is 4.76. The first-order valence-electron chi connectivity index (χ1n) is 5.98. The fraction of sp³-hybridized carbons (Fsp3) is 1.00. The molecule has 3 fully saturated rings. The molecule has 3 aliphatic rings. The van der Waals surface area contributed by atoms with Crippen molar-refractivity contribution in [3.63, 3.8) is 0 Å². The summed E-state index contributed by atoms with van der Waals surface area (Å²) in [5.41, 5.74) is 0. The zero-order valence-corrected chi connectivity index (χ0v) is 9.91. The van der Waals surface area contributed by atoms with E-state index in [4.69, 9.17) is 4.74 Å². The van der Waals surface area contributed by atoms with E-state index < -0.39 is 0 Å². The largest absolute Gasteiger partial charge is 0.383 e. The third-order valence-electron chi connectivity index (χ3n) is 3.51. The molecular weight excluding hydrogens is 190 g/mol. The zero-order valence-electron chi connectivity index (χ0n) is 9.91. The van der Waals surface area contributed by atoms with Crippen molar-refractivity contribution in [1.82, 2.24) is 15.1 Å². The molecule has 4 heteroatoms. The van der Waals surface area contributed by atoms with Crippen molar-refractivity contribution in [1.29, 1.82) is 0 Å². The van der Waals surface area contributed by atoms with E-state index in [1.54, 1.807) is 7.11 Å². The fourth-order valence-corrected chi connectivity index (χ4v) is 2.56. The Bertz CT molecular complexity index is 192. The maximum atomic E-state index is 5.12. The van der Waals surface area contributed by atoms with Crippen molar-refractivity contribution in [3.8, 4) is 0 Å². The molecule has 1 N–H and O–H groups in total. The van der Waals surface area contributed by atoms with Gasteiger partial charge in [-0.05, 0) is 6.92 Å². The van der Waals surface area contributed by atoms with Crippen LogP contribution in [-0.2, 0) is 4.74 Å². The van der Waals surface area contributed by atoms with E-state index in [2.05, 4.69) is 22.0 Å². The Morgan fingerprint density at radius 2 is 2.07 bits per heavy atom. The van der Waals surface area contributed by atoms with Gasteiger partial charge >= 0.3 is 0 Å². The topological polar surface area (TPSA) is 27.7 Å². The summed E-state index contributed by atoms with van der Waals surface area (Å²) in [6.07, 6.45) is 0. The van der Waals surface area contributed by atoms with E-state index in [0.717, 1.165) is 13.2 Å². The summed E-state index contributed by atoms with van der Waals surface area (Å²) in [5, 5.41) is 3.54. The van der Waals surface area contributed by atoms with E-state index >= 15 is 0 Å². The van der Waals surface area contributed by atoms with Crippen LogP contribution in [-0.4, -0.2) is 74.9 Å². The highest BCUT2D eigenvalue weighted by Crippen LogP contribution is 2.14. The lowest BCUT2D eigenvalue weighted by molar-refractivity contribution is 0.0118. The van der Waals surface area contributed by atoms with Gasteiger partial charge in [-0.25, -0.2) is 0 Å². The van der Waals surface area contributed by atoms with Gasteiger partial charge < -0.3 is 10.1 Å². The lowest BCUT2D eigenvalue weighted by Crippen LogP contribution is -2.63. The number of nitrogens with zero attached hydrogens (tertiary/aromatic N) is 2. The SMILES string of the molecule is COCC(C)NCC1CN2CCN1CC2. The molecule has 0 aromatic carbocycles. The van der Waals surface area contributed by atoms with Crippen LogP contribution in [0.3, 0.4) is 0 Å². The Hall–Kier alpha value is -0.160. The van der Waals surface area contributed by atoms with Gasteiger partial charge in [0.25, 0.3) is 0 Å². The Kier molecular flexibility index (Phi) is 3.97. The first kappa shape index (κ1) is 11.3. The number of nitrogens with one attached hydrogen (secondary N) is 1. The molecule has 3 rings (SSSR count). The van der Waals surface area contributed by atoms with Crippen LogP contribution in [0, 0.1) is 0 Å². The van der Waals surface area contributed by atoms with Crippen molar-refractivity contribution in [3.05, 3.63) is 0 Å². The molecule has 3 aliphatic heterocycles. The summed E-state index contributed by atoms with van der Waals surface area (Å²) >= 11 is 0. The molecule has 0 spiro atoms. The van der Waals surface area contributed by atoms with Gasteiger partial charge in [0, 0.05) is 58.5 Å². The molecular formula is C11H23N3O. The summed E-state index contributed by atoms with van der Waals surface area (Å²) in [4.78, 5) is 5.19. The van der Waals surface area contributed by atoms with Crippen LogP contribution < -0.4 is 5.32 Å². The van der Waals surface area contributed by atoms with Crippen LogP contribution in [0.1, 0.15) is 6.92 Å². The second-order valence-corrected chi connectivity index (χ2v) is 4.76. The lowest BCUT2D eigenvalue weighted by Gasteiger charge is -2.47. The molecule has 0 radical (unpaired) electrons. The number of fused-ring (bicyclic) bond motifs is 3. The molecule has 0 aliphatic carbocycles. The first-order valence-corrected chi connectivity index (χ1v) is 5.98. The predicted octanol–water partition coefficient (Wildman–Crippen LogP) is -0.389. The van der Waals surface area contributed by atoms with Crippen molar-refractivity contribution in [2.24, 2.45) is 0 Å². The number of hydrogen-bond donors (Lipinski definition) is 1. The van der Waals surface area contributed by atoms with Gasteiger partial charge in [0.15, 0.2) is 0 Å². The molecule has 0 aromatic rings. The van der Waals surface area contributed by atoms with E-state index in [9.17, 15) is 0 Å². The highest BCUT2D eigenvalue weighted by molar-refractivity contribution is 4.89. The number of rotatable bonds is 5. The summed E-state index contributed by atoms with van der Waals surface area (Å²) in [6, 6.07) is 1.18. The van der Waals surface area contributed by atoms with E-state index in [1.807, 2.05) is 0 Å². The molecule has 2 unspecified atom stereocenters. The van der Waals surface area contributed by atoms with Crippen molar-refractivity contribution in [2.45, 2.75) is 19.0 Å². The molecule has 3 saturated heterocycles. The van der Waals surface area contributed by atoms with E-state index in [-0.39, 0.29) is 0 Å². The second kappa shape index (κ2) is 5.25. The maximum Gasteiger partial charge on any atom is 0.0613 e. The zero-order chi connectivity index (χ0) is 10.7. The molecule has 2 atom stereocenters. The van der Waals surface area contributed by atoms with Crippen molar-refractivity contribution < 1.29 is 4.74 Å². The van der Waals surface area contributed by atoms with Crippen molar-refractivity contribution >= 4 is 0 Å². The van der Waals surface area contributed by atoms with Crippen LogP contribution in [0.4, 0.5) is 0 Å². The minimum atomic E-state index is 0.464. The lowest BCUT2D eigenvalue weighted by atomic mass is 10.1. The Labute approximate surface area is 92.6 Å². The van der Waals surface area contributed by atoms with Gasteiger partial charge in [-0.3, -0.25) is 9.80 Å². The van der Waals surface area contributed by atoms with Gasteiger partial charge in [0.2, 0.25) is 0 Å². The molecule has 88 valence electrons. The normalized spacial score (nSPS) is 36.8. The number of piperazine rings is 3. The average molecular weight is 213 g/mol. The van der Waals surface area contributed by atoms with Crippen LogP contribution in [0.25, 0.3) is 0 Å². The summed E-state index contributed by atoms with van der Waals surface area (Å²) in [5.74, 6) is 0. The summed E-state index contributed by atoms with van der Waals surface area (Å²) < 4.78 is 5.12. The van der Waals surface area contributed by atoms with E-state index in [0.29, 0.717) is 12.1 Å². The van der Waals surface area contributed by atoms with Gasteiger partial charge in [-0.15, -0.1) is 0 Å². The highest BCUT2D eigenvalue weighted by atomic mass is 16.5. The fourth-order valence-electron chi connectivity index (χ4n) is 2.56. The first-order chi connectivity index (χ1) is 7.29. The molecule has 0 saturated carbocycles. The molecule has 2 bridgehead atoms. The van der Waals surface area contributed by atoms with Gasteiger partial charge in [-0.1, -0.05) is 0 Å². The maximum absolute atomic E-state index is 5.12. The van der Waals surface area contributed by atoms with Gasteiger partial charge in [0.1, 0.15) is 0 Å². The van der Waals surface area contributed by atoms with Gasteiger partial charge in [0.05, 0.1) is 6.61 Å². The number of hydrogen-bond acceptors (Lipinski definition) is 4. The Balaban J connectivity index is 1.71. The van der Waals surface area contributed by atoms with Crippen LogP contribution >= 0.6 is 0 Å². The number of ether oxygens (including phenoxy) is 1. The number of methoxy groups -OCH3 is 1. The van der Waals surface area contributed by atoms with Gasteiger partial charge in [-0.2, -0.15) is 0 Å². The Morgan fingerprint density at radius 3 is 2.60 bits per heavy atom. The minimum absolute atomic E-state index is 0.464. The Morgan fingerprint density at radius 1 is 1.33 bits per heavy atom. The highest BCUT2D eigenvalue weighted by Gasteiger charge is 2.31. The monoisotopic (exact) mass is 213 g/mol. The van der Waals surface area contributed by atoms with Crippen LogP contribution in [0.2, 0.25) is 0 Å². The van der Waals surface area contributed by atoms with Crippen LogP contribution in [0.5, 0.6) is 0 Å². The third-order valence-corrected chi connectivity index (χ3v) is 3.51. The minimum Gasteiger partial charge on any atom is -0.383 e. The van der Waals surface area contributed by atoms with Crippen molar-refractivity contribution in [2.75, 3.05) is 53.0 Å². The molecule has 4 nitrogen and oxygen atoms in total. The summed E-state index contributed by atoms with van der Waals surface area (Å²) in [7, 11) is 1.76. The quantitative estimate of drug-likeness (QED) is 0.673. The predicted molar refractivity (Wildman–Crippen MR) is 61.1 cm³/mol. The molecule has 15 heavy (non-hydrogen) atoms. The molecule has 3 heterocycles. The smallest absolute Gasteiger partial charge is 0.0613 e. The van der Waals surface area contributed by atoms with E-state index in [1.165, 1.54) is 32.7 Å². The average Bonchev–Trinajstić information content (AvgIpc) is 2.28. The molecule has 0 aromatic heterocycles. The molecule has 0 amide bonds. The standard InChI is InChI=1S/C11H23N3O/c1-10(9-15-2)12-7-11-8-13-3-5-14(11)6-4-13/h10-12H,3-9H2,1-2H3. The third kappa shape index (κ3) is 2.91. The summed E-state index contributed by atoms with van der Waals surface area (Å²) in [6.45, 7) is 10.4.